The minimum absolute atomic E-state index is 0.0665. The van der Waals surface area contributed by atoms with Gasteiger partial charge in [-0.05, 0) is 30.7 Å². The quantitative estimate of drug-likeness (QED) is 0.799. The summed E-state index contributed by atoms with van der Waals surface area (Å²) in [6.45, 7) is 4.58. The molecule has 2 heterocycles. The molecule has 1 N–H and O–H groups in total. The van der Waals surface area contributed by atoms with E-state index < -0.39 is 9.84 Å². The largest absolute Gasteiger partial charge is 0.347 e. The lowest BCUT2D eigenvalue weighted by Crippen LogP contribution is -2.46. The van der Waals surface area contributed by atoms with Crippen LogP contribution in [0.3, 0.4) is 0 Å². The summed E-state index contributed by atoms with van der Waals surface area (Å²) in [7, 11) is -2.96. The Bertz CT molecular complexity index is 607. The topological polar surface area (TPSA) is 67.1 Å². The van der Waals surface area contributed by atoms with Crippen LogP contribution in [-0.2, 0) is 21.2 Å². The second kappa shape index (κ2) is 7.22. The number of hydrogen-bond donors (Lipinski definition) is 1. The second-order valence-electron chi connectivity index (χ2n) is 5.98. The fourth-order valence-electron chi connectivity index (χ4n) is 2.95. The first-order chi connectivity index (χ1) is 10.4. The second-order valence-corrected chi connectivity index (χ2v) is 8.21. The Morgan fingerprint density at radius 3 is 2.45 bits per heavy atom. The summed E-state index contributed by atoms with van der Waals surface area (Å²) in [6.07, 6.45) is 6.57. The molecule has 1 aromatic heterocycles. The van der Waals surface area contributed by atoms with Gasteiger partial charge in [0.2, 0.25) is 6.54 Å². The van der Waals surface area contributed by atoms with Crippen molar-refractivity contribution in [1.29, 1.82) is 0 Å². The van der Waals surface area contributed by atoms with Gasteiger partial charge in [0.15, 0.2) is 22.2 Å². The monoisotopic (exact) mass is 325 g/mol. The average molecular weight is 325 g/mol. The van der Waals surface area contributed by atoms with E-state index in [4.69, 9.17) is 0 Å². The Kier molecular flexibility index (Phi) is 5.56. The molecule has 6 heteroatoms. The SMILES string of the molecule is CCC(CC)c1cc[n+](CC(=O)N[C@H]2CCS(=O)(=O)C2)cc1. The molecule has 1 aliphatic heterocycles. The van der Waals surface area contributed by atoms with Crippen LogP contribution < -0.4 is 9.88 Å². The minimum Gasteiger partial charge on any atom is -0.347 e. The van der Waals surface area contributed by atoms with Gasteiger partial charge in [0.05, 0.1) is 11.5 Å². The first kappa shape index (κ1) is 16.9. The number of hydrogen-bond acceptors (Lipinski definition) is 3. The molecule has 1 aliphatic rings. The molecule has 1 saturated heterocycles. The van der Waals surface area contributed by atoms with Crippen molar-refractivity contribution in [3.8, 4) is 0 Å². The number of rotatable bonds is 6. The van der Waals surface area contributed by atoms with E-state index in [0.29, 0.717) is 12.3 Å². The molecule has 0 bridgehead atoms. The van der Waals surface area contributed by atoms with Crippen LogP contribution in [0.1, 0.15) is 44.6 Å². The van der Waals surface area contributed by atoms with Gasteiger partial charge in [0, 0.05) is 18.2 Å². The standard InChI is InChI=1S/C16H24N2O3S/c1-3-13(4-2)14-5-8-18(9-6-14)11-16(19)17-15-7-10-22(20,21)12-15/h5-6,8-9,13,15H,3-4,7,10-12H2,1-2H3/p+1/t15-/m0/s1. The molecule has 1 aromatic rings. The average Bonchev–Trinajstić information content (AvgIpc) is 2.81. The van der Waals surface area contributed by atoms with Gasteiger partial charge in [0.25, 0.3) is 5.91 Å². The number of amides is 1. The summed E-state index contributed by atoms with van der Waals surface area (Å²) >= 11 is 0. The summed E-state index contributed by atoms with van der Waals surface area (Å²) in [5, 5.41) is 2.80. The molecule has 0 radical (unpaired) electrons. The molecular weight excluding hydrogens is 300 g/mol. The van der Waals surface area contributed by atoms with E-state index in [1.807, 2.05) is 17.0 Å². The van der Waals surface area contributed by atoms with Crippen molar-refractivity contribution >= 4 is 15.7 Å². The zero-order valence-electron chi connectivity index (χ0n) is 13.3. The molecule has 22 heavy (non-hydrogen) atoms. The molecule has 0 unspecified atom stereocenters. The Labute approximate surface area is 132 Å². The lowest BCUT2D eigenvalue weighted by atomic mass is 9.95. The van der Waals surface area contributed by atoms with Crippen LogP contribution in [0, 0.1) is 0 Å². The van der Waals surface area contributed by atoms with Crippen LogP contribution in [0.5, 0.6) is 0 Å². The zero-order valence-corrected chi connectivity index (χ0v) is 14.1. The summed E-state index contributed by atoms with van der Waals surface area (Å²) in [6, 6.07) is 3.89. The minimum atomic E-state index is -2.96. The van der Waals surface area contributed by atoms with Crippen molar-refractivity contribution in [2.24, 2.45) is 0 Å². The highest BCUT2D eigenvalue weighted by atomic mass is 32.2. The smallest absolute Gasteiger partial charge is 0.286 e. The van der Waals surface area contributed by atoms with E-state index in [0.717, 1.165) is 12.8 Å². The van der Waals surface area contributed by atoms with Gasteiger partial charge in [-0.1, -0.05) is 13.8 Å². The first-order valence-electron chi connectivity index (χ1n) is 7.92. The summed E-state index contributed by atoms with van der Waals surface area (Å²) in [5.41, 5.74) is 1.29. The summed E-state index contributed by atoms with van der Waals surface area (Å²) < 4.78 is 24.6. The maximum atomic E-state index is 12.0. The van der Waals surface area contributed by atoms with Gasteiger partial charge in [-0.2, -0.15) is 4.57 Å². The predicted molar refractivity (Wildman–Crippen MR) is 85.2 cm³/mol. The Hall–Kier alpha value is -1.43. The highest BCUT2D eigenvalue weighted by Crippen LogP contribution is 2.21. The van der Waals surface area contributed by atoms with Crippen molar-refractivity contribution < 1.29 is 17.8 Å². The molecule has 0 aliphatic carbocycles. The number of sulfone groups is 1. The van der Waals surface area contributed by atoms with Crippen LogP contribution in [0.25, 0.3) is 0 Å². The summed E-state index contributed by atoms with van der Waals surface area (Å²) in [5.74, 6) is 0.668. The van der Waals surface area contributed by atoms with Crippen molar-refractivity contribution in [2.45, 2.75) is 51.6 Å². The molecule has 122 valence electrons. The van der Waals surface area contributed by atoms with Crippen molar-refractivity contribution in [2.75, 3.05) is 11.5 Å². The number of nitrogens with zero attached hydrogens (tertiary/aromatic N) is 1. The van der Waals surface area contributed by atoms with Gasteiger partial charge >= 0.3 is 0 Å². The van der Waals surface area contributed by atoms with E-state index >= 15 is 0 Å². The molecular formula is C16H25N2O3S+. The van der Waals surface area contributed by atoms with Crippen LogP contribution in [0.4, 0.5) is 0 Å². The van der Waals surface area contributed by atoms with Crippen molar-refractivity contribution in [1.82, 2.24) is 5.32 Å². The third-order valence-electron chi connectivity index (χ3n) is 4.30. The number of pyridine rings is 1. The molecule has 0 spiro atoms. The van der Waals surface area contributed by atoms with E-state index in [-0.39, 0.29) is 30.0 Å². The lowest BCUT2D eigenvalue weighted by molar-refractivity contribution is -0.684. The van der Waals surface area contributed by atoms with E-state index in [9.17, 15) is 13.2 Å². The Morgan fingerprint density at radius 2 is 1.95 bits per heavy atom. The molecule has 0 saturated carbocycles. The number of aromatic nitrogens is 1. The number of carbonyl (C=O) groups is 1. The van der Waals surface area contributed by atoms with Gasteiger partial charge < -0.3 is 5.32 Å². The van der Waals surface area contributed by atoms with Crippen molar-refractivity contribution in [3.05, 3.63) is 30.1 Å². The highest BCUT2D eigenvalue weighted by molar-refractivity contribution is 7.91. The molecule has 1 amide bonds. The predicted octanol–water partition coefficient (Wildman–Crippen LogP) is 1.18. The van der Waals surface area contributed by atoms with Gasteiger partial charge in [-0.15, -0.1) is 0 Å². The fourth-order valence-corrected chi connectivity index (χ4v) is 4.63. The zero-order chi connectivity index (χ0) is 16.2. The van der Waals surface area contributed by atoms with Crippen LogP contribution in [-0.4, -0.2) is 31.9 Å². The fraction of sp³-hybridized carbons (Fsp3) is 0.625. The Balaban J connectivity index is 1.89. The summed E-state index contributed by atoms with van der Waals surface area (Å²) in [4.78, 5) is 12.0. The molecule has 2 rings (SSSR count). The molecule has 0 aromatic carbocycles. The molecule has 1 atom stereocenters. The van der Waals surface area contributed by atoms with E-state index in [1.165, 1.54) is 5.56 Å². The van der Waals surface area contributed by atoms with Crippen LogP contribution in [0.2, 0.25) is 0 Å². The number of nitrogens with one attached hydrogen (secondary N) is 1. The highest BCUT2D eigenvalue weighted by Gasteiger charge is 2.29. The first-order valence-corrected chi connectivity index (χ1v) is 9.74. The van der Waals surface area contributed by atoms with Gasteiger partial charge in [0.1, 0.15) is 0 Å². The third-order valence-corrected chi connectivity index (χ3v) is 6.07. The van der Waals surface area contributed by atoms with Crippen LogP contribution in [0.15, 0.2) is 24.5 Å². The van der Waals surface area contributed by atoms with Crippen molar-refractivity contribution in [3.63, 3.8) is 0 Å². The normalized spacial score (nSPS) is 20.2. The van der Waals surface area contributed by atoms with Crippen LogP contribution >= 0.6 is 0 Å². The number of carbonyl (C=O) groups excluding carboxylic acids is 1. The third kappa shape index (κ3) is 4.53. The van der Waals surface area contributed by atoms with E-state index in [1.54, 1.807) is 0 Å². The van der Waals surface area contributed by atoms with Gasteiger partial charge in [-0.25, -0.2) is 8.42 Å². The molecule has 1 fully saturated rings. The maximum absolute atomic E-state index is 12.0. The Morgan fingerprint density at radius 1 is 1.32 bits per heavy atom. The van der Waals surface area contributed by atoms with E-state index in [2.05, 4.69) is 31.3 Å². The maximum Gasteiger partial charge on any atom is 0.286 e. The lowest BCUT2D eigenvalue weighted by Gasteiger charge is -2.12. The molecule has 5 nitrogen and oxygen atoms in total. The van der Waals surface area contributed by atoms with Gasteiger partial charge in [-0.3, -0.25) is 4.79 Å².